The van der Waals surface area contributed by atoms with Crippen LogP contribution in [0.25, 0.3) is 0 Å². The summed E-state index contributed by atoms with van der Waals surface area (Å²) in [6.07, 6.45) is 4.94. The molecule has 1 atom stereocenters. The van der Waals surface area contributed by atoms with E-state index in [1.54, 1.807) is 0 Å². The highest BCUT2D eigenvalue weighted by Crippen LogP contribution is 2.07. The molecule has 2 heteroatoms. The summed E-state index contributed by atoms with van der Waals surface area (Å²) in [7, 11) is 0. The van der Waals surface area contributed by atoms with Gasteiger partial charge in [-0.15, -0.1) is 0 Å². The lowest BCUT2D eigenvalue weighted by atomic mass is 10.1. The summed E-state index contributed by atoms with van der Waals surface area (Å²) in [5, 5.41) is 0. The third-order valence-electron chi connectivity index (χ3n) is 2.22. The van der Waals surface area contributed by atoms with Crippen molar-refractivity contribution in [1.82, 2.24) is 0 Å². The minimum Gasteiger partial charge on any atom is -0.466 e. The molecule has 0 radical (unpaired) electrons. The lowest BCUT2D eigenvalue weighted by Gasteiger charge is -2.07. The van der Waals surface area contributed by atoms with Crippen molar-refractivity contribution in [2.24, 2.45) is 5.92 Å². The van der Waals surface area contributed by atoms with Crippen LogP contribution in [0.15, 0.2) is 0 Å². The predicted octanol–water partition coefficient (Wildman–Crippen LogP) is 3.16. The fourth-order valence-corrected chi connectivity index (χ4v) is 1.03. The van der Waals surface area contributed by atoms with Crippen molar-refractivity contribution >= 4 is 5.97 Å². The number of esters is 1. The first-order valence-corrected chi connectivity index (χ1v) is 5.36. The Morgan fingerprint density at radius 2 is 2.00 bits per heavy atom. The molecule has 0 aromatic heterocycles. The molecule has 0 spiro atoms. The fourth-order valence-electron chi connectivity index (χ4n) is 1.03. The minimum atomic E-state index is -0.0366. The highest BCUT2D eigenvalue weighted by atomic mass is 16.5. The second-order valence-corrected chi connectivity index (χ2v) is 3.65. The molecular weight excluding hydrogens is 164 g/mol. The Morgan fingerprint density at radius 3 is 2.54 bits per heavy atom. The molecule has 0 aromatic carbocycles. The minimum absolute atomic E-state index is 0.0366. The molecule has 0 heterocycles. The molecule has 13 heavy (non-hydrogen) atoms. The quantitative estimate of drug-likeness (QED) is 0.451. The summed E-state index contributed by atoms with van der Waals surface area (Å²) < 4.78 is 5.08. The molecule has 0 saturated carbocycles. The Morgan fingerprint density at radius 1 is 1.31 bits per heavy atom. The predicted molar refractivity (Wildman–Crippen MR) is 54.6 cm³/mol. The highest BCUT2D eigenvalue weighted by molar-refractivity contribution is 5.69. The van der Waals surface area contributed by atoms with Crippen LogP contribution >= 0.6 is 0 Å². The molecule has 78 valence electrons. The van der Waals surface area contributed by atoms with Gasteiger partial charge in [-0.1, -0.05) is 40.0 Å². The second-order valence-electron chi connectivity index (χ2n) is 3.65. The van der Waals surface area contributed by atoms with Crippen molar-refractivity contribution < 1.29 is 9.53 Å². The van der Waals surface area contributed by atoms with Crippen molar-refractivity contribution in [2.45, 2.75) is 52.9 Å². The van der Waals surface area contributed by atoms with Crippen LogP contribution in [0.3, 0.4) is 0 Å². The molecule has 0 saturated heterocycles. The normalized spacial score (nSPS) is 12.5. The monoisotopic (exact) mass is 186 g/mol. The van der Waals surface area contributed by atoms with Gasteiger partial charge in [0.25, 0.3) is 0 Å². The molecule has 0 N–H and O–H groups in total. The summed E-state index contributed by atoms with van der Waals surface area (Å²) in [5.41, 5.74) is 0. The zero-order chi connectivity index (χ0) is 10.1. The average Bonchev–Trinajstić information content (AvgIpc) is 2.12. The number of hydrogen-bond donors (Lipinski definition) is 0. The van der Waals surface area contributed by atoms with Crippen LogP contribution in [0, 0.1) is 5.92 Å². The molecule has 0 amide bonds. The van der Waals surface area contributed by atoms with Gasteiger partial charge in [0, 0.05) is 6.42 Å². The van der Waals surface area contributed by atoms with E-state index in [1.165, 1.54) is 6.42 Å². The van der Waals surface area contributed by atoms with Crippen molar-refractivity contribution in [1.29, 1.82) is 0 Å². The van der Waals surface area contributed by atoms with Crippen LogP contribution in [0.4, 0.5) is 0 Å². The smallest absolute Gasteiger partial charge is 0.306 e. The standard InChI is InChI=1S/C11H22O2/c1-4-6-7-8-13-11(12)9-10(3)5-2/h10H,4-9H2,1-3H3/t10-/m1/s1. The van der Waals surface area contributed by atoms with E-state index in [0.29, 0.717) is 18.9 Å². The van der Waals surface area contributed by atoms with Gasteiger partial charge < -0.3 is 4.74 Å². The van der Waals surface area contributed by atoms with Crippen LogP contribution in [0.5, 0.6) is 0 Å². The maximum Gasteiger partial charge on any atom is 0.306 e. The topological polar surface area (TPSA) is 26.3 Å². The third-order valence-corrected chi connectivity index (χ3v) is 2.22. The molecule has 2 nitrogen and oxygen atoms in total. The van der Waals surface area contributed by atoms with Gasteiger partial charge >= 0.3 is 5.97 Å². The van der Waals surface area contributed by atoms with E-state index >= 15 is 0 Å². The van der Waals surface area contributed by atoms with E-state index in [2.05, 4.69) is 20.8 Å². The fraction of sp³-hybridized carbons (Fsp3) is 0.909. The first-order valence-electron chi connectivity index (χ1n) is 5.36. The van der Waals surface area contributed by atoms with Gasteiger partial charge in [-0.05, 0) is 12.3 Å². The van der Waals surface area contributed by atoms with Crippen LogP contribution in [0.2, 0.25) is 0 Å². The van der Waals surface area contributed by atoms with E-state index in [-0.39, 0.29) is 5.97 Å². The maximum atomic E-state index is 11.2. The summed E-state index contributed by atoms with van der Waals surface area (Å²) >= 11 is 0. The van der Waals surface area contributed by atoms with Crippen LogP contribution in [0.1, 0.15) is 52.9 Å². The van der Waals surface area contributed by atoms with Gasteiger partial charge in [0.2, 0.25) is 0 Å². The van der Waals surface area contributed by atoms with Gasteiger partial charge in [-0.3, -0.25) is 4.79 Å². The summed E-state index contributed by atoms with van der Waals surface area (Å²) in [6.45, 7) is 6.91. The van der Waals surface area contributed by atoms with Crippen LogP contribution in [-0.4, -0.2) is 12.6 Å². The van der Waals surface area contributed by atoms with E-state index in [4.69, 9.17) is 4.74 Å². The maximum absolute atomic E-state index is 11.2. The second kappa shape index (κ2) is 8.09. The first kappa shape index (κ1) is 12.5. The Labute approximate surface area is 81.7 Å². The van der Waals surface area contributed by atoms with Gasteiger partial charge in [-0.2, -0.15) is 0 Å². The molecule has 0 fully saturated rings. The molecule has 0 aliphatic rings. The average molecular weight is 186 g/mol. The Kier molecular flexibility index (Phi) is 7.76. The van der Waals surface area contributed by atoms with Crippen molar-refractivity contribution in [3.63, 3.8) is 0 Å². The van der Waals surface area contributed by atoms with Crippen molar-refractivity contribution in [2.75, 3.05) is 6.61 Å². The Balaban J connectivity index is 3.30. The van der Waals surface area contributed by atoms with Gasteiger partial charge in [0.15, 0.2) is 0 Å². The van der Waals surface area contributed by atoms with Crippen LogP contribution < -0.4 is 0 Å². The van der Waals surface area contributed by atoms with E-state index < -0.39 is 0 Å². The largest absolute Gasteiger partial charge is 0.466 e. The number of ether oxygens (including phenoxy) is 1. The highest BCUT2D eigenvalue weighted by Gasteiger charge is 2.07. The zero-order valence-corrected chi connectivity index (χ0v) is 9.14. The first-order chi connectivity index (χ1) is 6.20. The number of rotatable bonds is 7. The third kappa shape index (κ3) is 7.82. The van der Waals surface area contributed by atoms with Crippen LogP contribution in [-0.2, 0) is 9.53 Å². The van der Waals surface area contributed by atoms with Gasteiger partial charge in [0.1, 0.15) is 0 Å². The molecule has 0 aromatic rings. The Bertz CT molecular complexity index is 132. The number of unbranched alkanes of at least 4 members (excludes halogenated alkanes) is 2. The number of carbonyl (C=O) groups excluding carboxylic acids is 1. The molecule has 0 aliphatic carbocycles. The lowest BCUT2D eigenvalue weighted by Crippen LogP contribution is -2.09. The summed E-state index contributed by atoms with van der Waals surface area (Å²) in [5.74, 6) is 0.420. The summed E-state index contributed by atoms with van der Waals surface area (Å²) in [6, 6.07) is 0. The SMILES string of the molecule is CCCCCOC(=O)C[C@H](C)CC. The molecule has 0 aliphatic heterocycles. The zero-order valence-electron chi connectivity index (χ0n) is 9.14. The molecule has 0 unspecified atom stereocenters. The van der Waals surface area contributed by atoms with Crippen molar-refractivity contribution in [3.05, 3.63) is 0 Å². The molecular formula is C11H22O2. The summed E-state index contributed by atoms with van der Waals surface area (Å²) in [4.78, 5) is 11.2. The van der Waals surface area contributed by atoms with Gasteiger partial charge in [-0.25, -0.2) is 0 Å². The number of hydrogen-bond acceptors (Lipinski definition) is 2. The molecule has 0 rings (SSSR count). The van der Waals surface area contributed by atoms with E-state index in [9.17, 15) is 4.79 Å². The van der Waals surface area contributed by atoms with E-state index in [0.717, 1.165) is 19.3 Å². The van der Waals surface area contributed by atoms with E-state index in [1.807, 2.05) is 0 Å². The van der Waals surface area contributed by atoms with Crippen molar-refractivity contribution in [3.8, 4) is 0 Å². The Hall–Kier alpha value is -0.530. The lowest BCUT2D eigenvalue weighted by molar-refractivity contribution is -0.144. The molecule has 0 bridgehead atoms. The van der Waals surface area contributed by atoms with Gasteiger partial charge in [0.05, 0.1) is 6.61 Å². The number of carbonyl (C=O) groups is 1.